The molecule has 1 aromatic rings. The van der Waals surface area contributed by atoms with Crippen LogP contribution in [-0.2, 0) is 10.0 Å². The van der Waals surface area contributed by atoms with Crippen molar-refractivity contribution in [3.63, 3.8) is 0 Å². The molecule has 1 aromatic carbocycles. The lowest BCUT2D eigenvalue weighted by Crippen LogP contribution is -2.24. The van der Waals surface area contributed by atoms with Crippen LogP contribution in [0.3, 0.4) is 0 Å². The second-order valence-electron chi connectivity index (χ2n) is 4.07. The van der Waals surface area contributed by atoms with Crippen LogP contribution in [0.1, 0.15) is 19.4 Å². The number of rotatable bonds is 4. The minimum absolute atomic E-state index is 0.269. The third-order valence-electron chi connectivity index (χ3n) is 2.16. The zero-order chi connectivity index (χ0) is 13.1. The number of sulfonamides is 1. The first-order valence-electron chi connectivity index (χ1n) is 5.22. The van der Waals surface area contributed by atoms with Gasteiger partial charge in [-0.2, -0.15) is 0 Å². The van der Waals surface area contributed by atoms with Crippen LogP contribution >= 0.6 is 15.9 Å². The molecule has 0 aliphatic carbocycles. The van der Waals surface area contributed by atoms with Gasteiger partial charge in [0.05, 0.1) is 4.90 Å². The summed E-state index contributed by atoms with van der Waals surface area (Å²) in [4.78, 5) is 0.269. The second kappa shape index (κ2) is 5.80. The molecule has 0 spiro atoms. The fourth-order valence-corrected chi connectivity index (χ4v) is 3.41. The maximum absolute atomic E-state index is 12.0. The molecular formula is C12H16BrNO2S. The molecule has 0 saturated carbocycles. The average Bonchev–Trinajstić information content (AvgIpc) is 2.15. The molecule has 0 heterocycles. The highest BCUT2D eigenvalue weighted by Crippen LogP contribution is 2.22. The van der Waals surface area contributed by atoms with Crippen molar-refractivity contribution in [2.45, 2.75) is 25.7 Å². The third kappa shape index (κ3) is 4.26. The number of hydrogen-bond donors (Lipinski definition) is 1. The molecule has 1 N–H and O–H groups in total. The third-order valence-corrected chi connectivity index (χ3v) is 4.56. The van der Waals surface area contributed by atoms with Crippen LogP contribution in [0.2, 0.25) is 0 Å². The van der Waals surface area contributed by atoms with Gasteiger partial charge in [-0.15, -0.1) is 0 Å². The zero-order valence-electron chi connectivity index (χ0n) is 10.1. The molecule has 94 valence electrons. The molecule has 0 bridgehead atoms. The number of aryl methyl sites for hydroxylation is 1. The molecule has 0 fully saturated rings. The normalized spacial score (nSPS) is 11.3. The Hall–Kier alpha value is -0.650. The Morgan fingerprint density at radius 3 is 2.59 bits per heavy atom. The van der Waals surface area contributed by atoms with E-state index < -0.39 is 10.0 Å². The van der Waals surface area contributed by atoms with Gasteiger partial charge in [0, 0.05) is 11.0 Å². The number of hydrogen-bond acceptors (Lipinski definition) is 2. The van der Waals surface area contributed by atoms with Gasteiger partial charge in [-0.05, 0) is 54.4 Å². The van der Waals surface area contributed by atoms with Crippen LogP contribution in [0.25, 0.3) is 0 Å². The first-order chi connectivity index (χ1) is 7.83. The van der Waals surface area contributed by atoms with E-state index in [-0.39, 0.29) is 4.90 Å². The van der Waals surface area contributed by atoms with Gasteiger partial charge < -0.3 is 0 Å². The number of allylic oxidation sites excluding steroid dienone is 1. The Morgan fingerprint density at radius 1 is 1.41 bits per heavy atom. The topological polar surface area (TPSA) is 46.2 Å². The molecule has 0 aliphatic rings. The fourth-order valence-electron chi connectivity index (χ4n) is 1.26. The molecule has 1 rings (SSSR count). The average molecular weight is 318 g/mol. The SMILES string of the molecule is CC(C)=CCNS(=O)(=O)c1ccc(C)cc1Br. The van der Waals surface area contributed by atoms with Gasteiger partial charge in [0.1, 0.15) is 0 Å². The van der Waals surface area contributed by atoms with Crippen molar-refractivity contribution in [1.82, 2.24) is 4.72 Å². The first-order valence-corrected chi connectivity index (χ1v) is 7.50. The summed E-state index contributed by atoms with van der Waals surface area (Å²) in [7, 11) is -3.44. The van der Waals surface area contributed by atoms with Gasteiger partial charge in [0.2, 0.25) is 10.0 Å². The van der Waals surface area contributed by atoms with E-state index in [9.17, 15) is 8.42 Å². The summed E-state index contributed by atoms with van der Waals surface area (Å²) in [6.45, 7) is 6.08. The van der Waals surface area contributed by atoms with Crippen LogP contribution in [0.4, 0.5) is 0 Å². The lowest BCUT2D eigenvalue weighted by molar-refractivity contribution is 0.585. The van der Waals surface area contributed by atoms with E-state index in [4.69, 9.17) is 0 Å². The Morgan fingerprint density at radius 2 is 2.06 bits per heavy atom. The summed E-state index contributed by atoms with van der Waals surface area (Å²) in [5.41, 5.74) is 2.09. The van der Waals surface area contributed by atoms with Crippen molar-refractivity contribution in [1.29, 1.82) is 0 Å². The minimum atomic E-state index is -3.44. The van der Waals surface area contributed by atoms with Crippen LogP contribution in [0.15, 0.2) is 39.2 Å². The number of halogens is 1. The quantitative estimate of drug-likeness (QED) is 0.868. The van der Waals surface area contributed by atoms with Gasteiger partial charge in [0.15, 0.2) is 0 Å². The summed E-state index contributed by atoms with van der Waals surface area (Å²) in [6, 6.07) is 5.17. The molecule has 5 heteroatoms. The largest absolute Gasteiger partial charge is 0.241 e. The minimum Gasteiger partial charge on any atom is -0.207 e. The van der Waals surface area contributed by atoms with E-state index in [0.29, 0.717) is 11.0 Å². The Balaban J connectivity index is 2.94. The Bertz CT molecular complexity index is 531. The number of nitrogens with one attached hydrogen (secondary N) is 1. The van der Waals surface area contributed by atoms with Crippen LogP contribution in [0.5, 0.6) is 0 Å². The van der Waals surface area contributed by atoms with E-state index in [1.165, 1.54) is 0 Å². The van der Waals surface area contributed by atoms with Crippen molar-refractivity contribution in [3.8, 4) is 0 Å². The smallest absolute Gasteiger partial charge is 0.207 e. The van der Waals surface area contributed by atoms with Gasteiger partial charge >= 0.3 is 0 Å². The molecule has 0 atom stereocenters. The highest BCUT2D eigenvalue weighted by molar-refractivity contribution is 9.10. The summed E-state index contributed by atoms with van der Waals surface area (Å²) < 4.78 is 27.1. The molecule has 17 heavy (non-hydrogen) atoms. The maximum Gasteiger partial charge on any atom is 0.241 e. The summed E-state index contributed by atoms with van der Waals surface area (Å²) >= 11 is 3.27. The van der Waals surface area contributed by atoms with Crippen LogP contribution < -0.4 is 4.72 Å². The molecule has 0 radical (unpaired) electrons. The van der Waals surface area contributed by atoms with Crippen LogP contribution in [0, 0.1) is 6.92 Å². The molecular weight excluding hydrogens is 302 g/mol. The highest BCUT2D eigenvalue weighted by Gasteiger charge is 2.16. The zero-order valence-corrected chi connectivity index (χ0v) is 12.5. The van der Waals surface area contributed by atoms with Gasteiger partial charge in [-0.1, -0.05) is 17.7 Å². The molecule has 0 aromatic heterocycles. The fraction of sp³-hybridized carbons (Fsp3) is 0.333. The maximum atomic E-state index is 12.0. The summed E-state index contributed by atoms with van der Waals surface area (Å²) in [5.74, 6) is 0. The van der Waals surface area contributed by atoms with Crippen molar-refractivity contribution < 1.29 is 8.42 Å². The predicted molar refractivity (Wildman–Crippen MR) is 73.5 cm³/mol. The lowest BCUT2D eigenvalue weighted by Gasteiger charge is -2.07. The van der Waals surface area contributed by atoms with Crippen molar-refractivity contribution in [3.05, 3.63) is 39.9 Å². The standard InChI is InChI=1S/C12H16BrNO2S/c1-9(2)6-7-14-17(15,16)12-5-4-10(3)8-11(12)13/h4-6,8,14H,7H2,1-3H3. The van der Waals surface area contributed by atoms with Gasteiger partial charge in [-0.3, -0.25) is 0 Å². The van der Waals surface area contributed by atoms with Crippen molar-refractivity contribution in [2.75, 3.05) is 6.54 Å². The molecule has 0 unspecified atom stereocenters. The van der Waals surface area contributed by atoms with Gasteiger partial charge in [-0.25, -0.2) is 13.1 Å². The summed E-state index contributed by atoms with van der Waals surface area (Å²) in [5, 5.41) is 0. The Kier molecular flexibility index (Phi) is 4.91. The predicted octanol–water partition coefficient (Wildman–Crippen LogP) is 3.00. The molecule has 0 amide bonds. The van der Waals surface area contributed by atoms with E-state index in [1.807, 2.05) is 26.8 Å². The van der Waals surface area contributed by atoms with E-state index in [1.54, 1.807) is 18.2 Å². The lowest BCUT2D eigenvalue weighted by atomic mass is 10.2. The Labute approximate surface area is 111 Å². The van der Waals surface area contributed by atoms with E-state index >= 15 is 0 Å². The van der Waals surface area contributed by atoms with E-state index in [2.05, 4.69) is 20.7 Å². The molecule has 0 aliphatic heterocycles. The first kappa shape index (κ1) is 14.4. The highest BCUT2D eigenvalue weighted by atomic mass is 79.9. The second-order valence-corrected chi connectivity index (χ2v) is 6.66. The summed E-state index contributed by atoms with van der Waals surface area (Å²) in [6.07, 6.45) is 1.83. The molecule has 3 nitrogen and oxygen atoms in total. The van der Waals surface area contributed by atoms with E-state index in [0.717, 1.165) is 11.1 Å². The molecule has 0 saturated heterocycles. The van der Waals surface area contributed by atoms with Gasteiger partial charge in [0.25, 0.3) is 0 Å². The van der Waals surface area contributed by atoms with Crippen molar-refractivity contribution >= 4 is 26.0 Å². The number of benzene rings is 1. The van der Waals surface area contributed by atoms with Crippen LogP contribution in [-0.4, -0.2) is 15.0 Å². The monoisotopic (exact) mass is 317 g/mol. The van der Waals surface area contributed by atoms with Crippen molar-refractivity contribution in [2.24, 2.45) is 0 Å².